The lowest BCUT2D eigenvalue weighted by atomic mass is 9.96. The van der Waals surface area contributed by atoms with Gasteiger partial charge in [0.25, 0.3) is 0 Å². The van der Waals surface area contributed by atoms with Crippen molar-refractivity contribution in [1.82, 2.24) is 5.32 Å². The molecule has 1 nitrogen and oxygen atoms in total. The monoisotopic (exact) mass is 287 g/mol. The molecule has 1 aromatic heterocycles. The van der Waals surface area contributed by atoms with Crippen molar-refractivity contribution >= 4 is 11.3 Å². The van der Waals surface area contributed by atoms with E-state index in [-0.39, 0.29) is 0 Å². The minimum atomic E-state index is 0.433. The smallest absolute Gasteiger partial charge is 0.0371 e. The van der Waals surface area contributed by atoms with Crippen molar-refractivity contribution in [3.05, 3.63) is 56.8 Å². The van der Waals surface area contributed by atoms with Gasteiger partial charge in [-0.3, -0.25) is 0 Å². The molecule has 1 unspecified atom stereocenters. The predicted molar refractivity (Wildman–Crippen MR) is 89.7 cm³/mol. The highest BCUT2D eigenvalue weighted by molar-refractivity contribution is 7.08. The van der Waals surface area contributed by atoms with E-state index in [9.17, 15) is 0 Å². The summed E-state index contributed by atoms with van der Waals surface area (Å²) in [5.74, 6) is 0. The number of benzene rings is 1. The van der Waals surface area contributed by atoms with Crippen LogP contribution in [0.5, 0.6) is 0 Å². The molecule has 1 aromatic carbocycles. The quantitative estimate of drug-likeness (QED) is 0.792. The fourth-order valence-corrected chi connectivity index (χ4v) is 3.67. The van der Waals surface area contributed by atoms with Crippen LogP contribution in [0.3, 0.4) is 0 Å². The molecule has 2 rings (SSSR count). The first-order valence-corrected chi connectivity index (χ1v) is 8.37. The molecule has 0 fully saturated rings. The standard InChI is InChI=1S/C18H25NS/c1-5-6-19-18(17-12-20-11-15(17)4)10-16-8-13(2)7-14(3)9-16/h7-9,11-12,18-19H,5-6,10H2,1-4H3. The van der Waals surface area contributed by atoms with Crippen LogP contribution < -0.4 is 5.32 Å². The molecule has 0 spiro atoms. The molecule has 0 aliphatic rings. The average molecular weight is 287 g/mol. The summed E-state index contributed by atoms with van der Waals surface area (Å²) >= 11 is 1.80. The van der Waals surface area contributed by atoms with Gasteiger partial charge in [0.15, 0.2) is 0 Å². The Balaban J connectivity index is 2.21. The molecule has 2 aromatic rings. The van der Waals surface area contributed by atoms with Crippen molar-refractivity contribution < 1.29 is 0 Å². The number of thiophene rings is 1. The molecule has 0 radical (unpaired) electrons. The van der Waals surface area contributed by atoms with Gasteiger partial charge in [0.1, 0.15) is 0 Å². The van der Waals surface area contributed by atoms with Crippen LogP contribution in [0.2, 0.25) is 0 Å². The van der Waals surface area contributed by atoms with Gasteiger partial charge < -0.3 is 5.32 Å². The summed E-state index contributed by atoms with van der Waals surface area (Å²) in [5.41, 5.74) is 7.02. The third-order valence-electron chi connectivity index (χ3n) is 3.63. The van der Waals surface area contributed by atoms with E-state index in [1.807, 2.05) is 0 Å². The van der Waals surface area contributed by atoms with E-state index in [4.69, 9.17) is 0 Å². The SMILES string of the molecule is CCCNC(Cc1cc(C)cc(C)c1)c1cscc1C. The van der Waals surface area contributed by atoms with E-state index >= 15 is 0 Å². The summed E-state index contributed by atoms with van der Waals surface area (Å²) in [4.78, 5) is 0. The van der Waals surface area contributed by atoms with Crippen LogP contribution in [0.1, 0.15) is 47.2 Å². The van der Waals surface area contributed by atoms with E-state index in [1.165, 1.54) is 34.2 Å². The third-order valence-corrected chi connectivity index (χ3v) is 4.51. The Hall–Kier alpha value is -1.12. The Bertz CT molecular complexity index is 536. The van der Waals surface area contributed by atoms with Crippen molar-refractivity contribution in [1.29, 1.82) is 0 Å². The zero-order chi connectivity index (χ0) is 14.5. The van der Waals surface area contributed by atoms with Gasteiger partial charge in [0.05, 0.1) is 0 Å². The average Bonchev–Trinajstić information content (AvgIpc) is 2.79. The van der Waals surface area contributed by atoms with Gasteiger partial charge >= 0.3 is 0 Å². The van der Waals surface area contributed by atoms with E-state index in [0.29, 0.717) is 6.04 Å². The van der Waals surface area contributed by atoms with E-state index in [2.05, 4.69) is 62.0 Å². The van der Waals surface area contributed by atoms with Gasteiger partial charge in [-0.25, -0.2) is 0 Å². The number of rotatable bonds is 6. The largest absolute Gasteiger partial charge is 0.310 e. The number of hydrogen-bond acceptors (Lipinski definition) is 2. The second-order valence-electron chi connectivity index (χ2n) is 5.72. The topological polar surface area (TPSA) is 12.0 Å². The van der Waals surface area contributed by atoms with Crippen molar-refractivity contribution in [2.24, 2.45) is 0 Å². The van der Waals surface area contributed by atoms with Crippen LogP contribution in [0.4, 0.5) is 0 Å². The van der Waals surface area contributed by atoms with E-state index in [0.717, 1.165) is 13.0 Å². The highest BCUT2D eigenvalue weighted by Gasteiger charge is 2.14. The lowest BCUT2D eigenvalue weighted by molar-refractivity contribution is 0.528. The van der Waals surface area contributed by atoms with Crippen LogP contribution >= 0.6 is 11.3 Å². The molecule has 1 atom stereocenters. The maximum absolute atomic E-state index is 3.71. The number of aryl methyl sites for hydroxylation is 3. The molecular weight excluding hydrogens is 262 g/mol. The minimum absolute atomic E-state index is 0.433. The maximum atomic E-state index is 3.71. The molecule has 0 amide bonds. The fourth-order valence-electron chi connectivity index (χ4n) is 2.76. The van der Waals surface area contributed by atoms with Crippen LogP contribution in [-0.2, 0) is 6.42 Å². The van der Waals surface area contributed by atoms with Gasteiger partial charge in [-0.1, -0.05) is 36.2 Å². The van der Waals surface area contributed by atoms with Crippen molar-refractivity contribution in [3.8, 4) is 0 Å². The lowest BCUT2D eigenvalue weighted by Crippen LogP contribution is -2.24. The van der Waals surface area contributed by atoms with Gasteiger partial charge in [-0.2, -0.15) is 11.3 Å². The second kappa shape index (κ2) is 7.05. The number of hydrogen-bond donors (Lipinski definition) is 1. The first-order valence-electron chi connectivity index (χ1n) is 7.43. The lowest BCUT2D eigenvalue weighted by Gasteiger charge is -2.19. The second-order valence-corrected chi connectivity index (χ2v) is 6.46. The van der Waals surface area contributed by atoms with Gasteiger partial charge in [-0.05, 0) is 67.6 Å². The summed E-state index contributed by atoms with van der Waals surface area (Å²) in [6, 6.07) is 7.31. The Morgan fingerprint density at radius 1 is 1.05 bits per heavy atom. The minimum Gasteiger partial charge on any atom is -0.310 e. The van der Waals surface area contributed by atoms with Crippen molar-refractivity contribution in [3.63, 3.8) is 0 Å². The predicted octanol–water partition coefficient (Wildman–Crippen LogP) is 4.96. The molecule has 0 aliphatic carbocycles. The molecule has 0 saturated carbocycles. The zero-order valence-corrected chi connectivity index (χ0v) is 13.8. The molecule has 20 heavy (non-hydrogen) atoms. The van der Waals surface area contributed by atoms with Crippen LogP contribution in [-0.4, -0.2) is 6.54 Å². The highest BCUT2D eigenvalue weighted by atomic mass is 32.1. The Labute approximate surface area is 127 Å². The first kappa shape index (κ1) is 15.3. The van der Waals surface area contributed by atoms with Gasteiger partial charge in [-0.15, -0.1) is 0 Å². The van der Waals surface area contributed by atoms with Gasteiger partial charge in [0.2, 0.25) is 0 Å². The molecule has 0 aliphatic heterocycles. The molecule has 2 heteroatoms. The molecule has 1 heterocycles. The van der Waals surface area contributed by atoms with Crippen molar-refractivity contribution in [2.75, 3.05) is 6.54 Å². The summed E-state index contributed by atoms with van der Waals surface area (Å²) in [5, 5.41) is 8.25. The van der Waals surface area contributed by atoms with Crippen LogP contribution in [0, 0.1) is 20.8 Å². The summed E-state index contributed by atoms with van der Waals surface area (Å²) < 4.78 is 0. The molecular formula is C18H25NS. The maximum Gasteiger partial charge on any atom is 0.0371 e. The highest BCUT2D eigenvalue weighted by Crippen LogP contribution is 2.25. The van der Waals surface area contributed by atoms with E-state index < -0.39 is 0 Å². The fraction of sp³-hybridized carbons (Fsp3) is 0.444. The molecule has 1 N–H and O–H groups in total. The number of nitrogens with one attached hydrogen (secondary N) is 1. The van der Waals surface area contributed by atoms with Crippen LogP contribution in [0.25, 0.3) is 0 Å². The van der Waals surface area contributed by atoms with Gasteiger partial charge in [0, 0.05) is 6.04 Å². The summed E-state index contributed by atoms with van der Waals surface area (Å²) in [7, 11) is 0. The zero-order valence-electron chi connectivity index (χ0n) is 13.0. The van der Waals surface area contributed by atoms with Crippen molar-refractivity contribution in [2.45, 2.75) is 46.6 Å². The molecule has 0 saturated heterocycles. The normalized spacial score (nSPS) is 12.6. The first-order chi connectivity index (χ1) is 9.60. The Kier molecular flexibility index (Phi) is 5.38. The third kappa shape index (κ3) is 3.94. The Morgan fingerprint density at radius 3 is 2.30 bits per heavy atom. The molecule has 108 valence electrons. The summed E-state index contributed by atoms with van der Waals surface area (Å²) in [6.07, 6.45) is 2.24. The molecule has 0 bridgehead atoms. The van der Waals surface area contributed by atoms with E-state index in [1.54, 1.807) is 11.3 Å². The Morgan fingerprint density at radius 2 is 1.75 bits per heavy atom. The summed E-state index contributed by atoms with van der Waals surface area (Å²) in [6.45, 7) is 9.88. The van der Waals surface area contributed by atoms with Crippen LogP contribution in [0.15, 0.2) is 29.0 Å².